The lowest BCUT2D eigenvalue weighted by Crippen LogP contribution is -1.91. The fourth-order valence-electron chi connectivity index (χ4n) is 0.939. The Kier molecular flexibility index (Phi) is 2.26. The van der Waals surface area contributed by atoms with E-state index in [0.29, 0.717) is 0 Å². The molecule has 1 aliphatic rings. The van der Waals surface area contributed by atoms with Crippen molar-refractivity contribution in [3.63, 3.8) is 0 Å². The largest absolute Gasteiger partial charge is 0.411 e. The fraction of sp³-hybridized carbons (Fsp3) is 0.375. The molecule has 0 saturated heterocycles. The highest BCUT2D eigenvalue weighted by molar-refractivity contribution is 5.78. The first kappa shape index (κ1) is 7.06. The summed E-state index contributed by atoms with van der Waals surface area (Å²) in [5.41, 5.74) is 2.48. The van der Waals surface area contributed by atoms with Crippen molar-refractivity contribution in [3.8, 4) is 0 Å². The average molecular weight is 137 g/mol. The van der Waals surface area contributed by atoms with Crippen LogP contribution in [-0.4, -0.2) is 11.4 Å². The third-order valence-electron chi connectivity index (χ3n) is 1.61. The van der Waals surface area contributed by atoms with Crippen LogP contribution in [0.25, 0.3) is 0 Å². The Bertz CT molecular complexity index is 201. The van der Waals surface area contributed by atoms with Gasteiger partial charge in [-0.2, -0.15) is 0 Å². The van der Waals surface area contributed by atoms with E-state index in [1.54, 1.807) is 0 Å². The van der Waals surface area contributed by atoms with Crippen molar-refractivity contribution in [2.75, 3.05) is 0 Å². The van der Waals surface area contributed by atoms with Gasteiger partial charge in [0, 0.05) is 0 Å². The zero-order chi connectivity index (χ0) is 7.40. The first-order chi connectivity index (χ1) is 4.83. The summed E-state index contributed by atoms with van der Waals surface area (Å²) in [5, 5.41) is 11.2. The highest BCUT2D eigenvalue weighted by Gasteiger charge is 1.99. The van der Waals surface area contributed by atoms with E-state index in [2.05, 4.69) is 18.2 Å². The maximum atomic E-state index is 8.19. The van der Waals surface area contributed by atoms with Gasteiger partial charge >= 0.3 is 0 Å². The third kappa shape index (κ3) is 1.72. The van der Waals surface area contributed by atoms with Crippen LogP contribution in [0, 0.1) is 0 Å². The Hall–Kier alpha value is -1.05. The minimum absolute atomic E-state index is 0.992. The van der Waals surface area contributed by atoms with E-state index in [4.69, 9.17) is 5.21 Å². The lowest BCUT2D eigenvalue weighted by Gasteiger charge is -2.05. The molecule has 0 atom stereocenters. The van der Waals surface area contributed by atoms with Gasteiger partial charge in [-0.3, -0.25) is 0 Å². The predicted octanol–water partition coefficient (Wildman–Crippen LogP) is 2.11. The molecule has 0 aromatic heterocycles. The van der Waals surface area contributed by atoms with Crippen molar-refractivity contribution in [1.29, 1.82) is 0 Å². The number of oxime groups is 1. The molecule has 0 aromatic rings. The number of nitrogens with zero attached hydrogens (tertiary/aromatic N) is 1. The van der Waals surface area contributed by atoms with Crippen LogP contribution in [0.2, 0.25) is 0 Å². The molecule has 0 aliphatic heterocycles. The van der Waals surface area contributed by atoms with E-state index in [1.165, 1.54) is 11.8 Å². The van der Waals surface area contributed by atoms with Gasteiger partial charge in [-0.25, -0.2) is 0 Å². The molecular formula is C8H11NO. The minimum Gasteiger partial charge on any atom is -0.411 e. The van der Waals surface area contributed by atoms with Gasteiger partial charge in [0.25, 0.3) is 0 Å². The molecule has 1 rings (SSSR count). The molecule has 54 valence electrons. The van der Waals surface area contributed by atoms with E-state index >= 15 is 0 Å². The summed E-state index contributed by atoms with van der Waals surface area (Å²) in [6.07, 6.45) is 7.60. The molecule has 0 amide bonds. The van der Waals surface area contributed by atoms with E-state index in [1.807, 2.05) is 6.08 Å². The van der Waals surface area contributed by atoms with Gasteiger partial charge in [0.1, 0.15) is 0 Å². The van der Waals surface area contributed by atoms with Crippen molar-refractivity contribution in [3.05, 3.63) is 23.3 Å². The van der Waals surface area contributed by atoms with Crippen molar-refractivity contribution >= 4 is 6.21 Å². The molecule has 1 aliphatic carbocycles. The molecule has 1 N–H and O–H groups in total. The number of allylic oxidation sites excluding steroid dienone is 4. The standard InChI is InChI=1S/C8H11NO/c1-7-2-4-8(5-3-7)6-9-10/h2,4,6,10H,3,5H2,1H3/b9-6+. The Morgan fingerprint density at radius 1 is 1.50 bits per heavy atom. The van der Waals surface area contributed by atoms with Crippen LogP contribution in [0.5, 0.6) is 0 Å². The van der Waals surface area contributed by atoms with Crippen LogP contribution < -0.4 is 0 Å². The SMILES string of the molecule is CC1=CC=C(/C=N/O)CC1. The Morgan fingerprint density at radius 2 is 2.30 bits per heavy atom. The average Bonchev–Trinajstić information content (AvgIpc) is 1.95. The summed E-state index contributed by atoms with van der Waals surface area (Å²) in [7, 11) is 0. The molecule has 0 unspecified atom stereocenters. The van der Waals surface area contributed by atoms with Crippen molar-refractivity contribution in [2.45, 2.75) is 19.8 Å². The second-order valence-electron chi connectivity index (χ2n) is 2.50. The molecule has 10 heavy (non-hydrogen) atoms. The first-order valence-electron chi connectivity index (χ1n) is 3.36. The second-order valence-corrected chi connectivity index (χ2v) is 2.50. The molecule has 0 saturated carbocycles. The van der Waals surface area contributed by atoms with E-state index < -0.39 is 0 Å². The first-order valence-corrected chi connectivity index (χ1v) is 3.36. The van der Waals surface area contributed by atoms with Gasteiger partial charge in [0.15, 0.2) is 0 Å². The van der Waals surface area contributed by atoms with Crippen molar-refractivity contribution in [1.82, 2.24) is 0 Å². The predicted molar refractivity (Wildman–Crippen MR) is 41.4 cm³/mol. The van der Waals surface area contributed by atoms with Gasteiger partial charge in [-0.1, -0.05) is 22.9 Å². The summed E-state index contributed by atoms with van der Waals surface area (Å²) in [4.78, 5) is 0. The zero-order valence-electron chi connectivity index (χ0n) is 6.04. The summed E-state index contributed by atoms with van der Waals surface area (Å²) >= 11 is 0. The molecule has 0 bridgehead atoms. The summed E-state index contributed by atoms with van der Waals surface area (Å²) in [6, 6.07) is 0. The maximum Gasteiger partial charge on any atom is 0.0693 e. The van der Waals surface area contributed by atoms with Crippen LogP contribution in [-0.2, 0) is 0 Å². The van der Waals surface area contributed by atoms with Crippen LogP contribution in [0.15, 0.2) is 28.5 Å². The molecule has 2 nitrogen and oxygen atoms in total. The normalized spacial score (nSPS) is 18.9. The Morgan fingerprint density at radius 3 is 2.80 bits per heavy atom. The van der Waals surface area contributed by atoms with E-state index in [0.717, 1.165) is 18.4 Å². The fourth-order valence-corrected chi connectivity index (χ4v) is 0.939. The van der Waals surface area contributed by atoms with Crippen LogP contribution in [0.3, 0.4) is 0 Å². The molecule has 0 radical (unpaired) electrons. The number of hydrogen-bond acceptors (Lipinski definition) is 2. The quantitative estimate of drug-likeness (QED) is 0.335. The highest BCUT2D eigenvalue weighted by Crippen LogP contribution is 2.15. The van der Waals surface area contributed by atoms with Gasteiger partial charge in [0.2, 0.25) is 0 Å². The monoisotopic (exact) mass is 137 g/mol. The zero-order valence-corrected chi connectivity index (χ0v) is 6.04. The van der Waals surface area contributed by atoms with Crippen LogP contribution >= 0.6 is 0 Å². The molecular weight excluding hydrogens is 126 g/mol. The molecule has 0 aromatic carbocycles. The minimum atomic E-state index is 0.992. The lowest BCUT2D eigenvalue weighted by molar-refractivity contribution is 0.321. The van der Waals surface area contributed by atoms with Gasteiger partial charge in [-0.05, 0) is 25.3 Å². The molecule has 0 fully saturated rings. The lowest BCUT2D eigenvalue weighted by atomic mass is 10.0. The van der Waals surface area contributed by atoms with Gasteiger partial charge < -0.3 is 5.21 Å². The number of rotatable bonds is 1. The summed E-state index contributed by atoms with van der Waals surface area (Å²) in [5.74, 6) is 0. The smallest absolute Gasteiger partial charge is 0.0693 e. The molecule has 0 spiro atoms. The Labute approximate surface area is 60.6 Å². The summed E-state index contributed by atoms with van der Waals surface area (Å²) < 4.78 is 0. The third-order valence-corrected chi connectivity index (χ3v) is 1.61. The highest BCUT2D eigenvalue weighted by atomic mass is 16.4. The van der Waals surface area contributed by atoms with E-state index in [-0.39, 0.29) is 0 Å². The Balaban J connectivity index is 2.64. The van der Waals surface area contributed by atoms with Crippen molar-refractivity contribution < 1.29 is 5.21 Å². The van der Waals surface area contributed by atoms with Gasteiger partial charge in [0.05, 0.1) is 6.21 Å². The van der Waals surface area contributed by atoms with Crippen LogP contribution in [0.4, 0.5) is 0 Å². The number of hydrogen-bond donors (Lipinski definition) is 1. The summed E-state index contributed by atoms with van der Waals surface area (Å²) in [6.45, 7) is 2.10. The molecule has 0 heterocycles. The second kappa shape index (κ2) is 3.20. The maximum absolute atomic E-state index is 8.19. The van der Waals surface area contributed by atoms with Gasteiger partial charge in [-0.15, -0.1) is 0 Å². The van der Waals surface area contributed by atoms with Crippen LogP contribution in [0.1, 0.15) is 19.8 Å². The molecule has 2 heteroatoms. The van der Waals surface area contributed by atoms with Crippen molar-refractivity contribution in [2.24, 2.45) is 5.16 Å². The van der Waals surface area contributed by atoms with E-state index in [9.17, 15) is 0 Å². The topological polar surface area (TPSA) is 32.6 Å².